The number of nitrogens with one attached hydrogen (secondary N) is 4. The average molecular weight is 539 g/mol. The van der Waals surface area contributed by atoms with Crippen LogP contribution in [0.3, 0.4) is 0 Å². The highest BCUT2D eigenvalue weighted by molar-refractivity contribution is 9.12. The van der Waals surface area contributed by atoms with Gasteiger partial charge < -0.3 is 26.4 Å². The van der Waals surface area contributed by atoms with Crippen molar-refractivity contribution < 1.29 is 24.3 Å². The summed E-state index contributed by atoms with van der Waals surface area (Å²) in [4.78, 5) is 48.9. The van der Waals surface area contributed by atoms with Gasteiger partial charge in [-0.05, 0) is 59.3 Å². The molecule has 0 aliphatic carbocycles. The van der Waals surface area contributed by atoms with E-state index in [0.717, 1.165) is 18.4 Å². The van der Waals surface area contributed by atoms with Gasteiger partial charge in [-0.15, -0.1) is 0 Å². The average Bonchev–Trinajstić information content (AvgIpc) is 2.79. The van der Waals surface area contributed by atoms with Crippen LogP contribution in [0, 0.1) is 5.92 Å². The second kappa shape index (κ2) is 15.2. The second-order valence-electron chi connectivity index (χ2n) is 8.34. The van der Waals surface area contributed by atoms with Gasteiger partial charge in [-0.2, -0.15) is 0 Å². The lowest BCUT2D eigenvalue weighted by Gasteiger charge is -2.24. The smallest absolute Gasteiger partial charge is 0.257 e. The minimum absolute atomic E-state index is 0.0882. The summed E-state index contributed by atoms with van der Waals surface area (Å²) in [5.41, 5.74) is 1.27. The summed E-state index contributed by atoms with van der Waals surface area (Å²) >= 11 is 3.01. The van der Waals surface area contributed by atoms with Gasteiger partial charge in [-0.3, -0.25) is 19.2 Å². The van der Waals surface area contributed by atoms with E-state index in [2.05, 4.69) is 43.8 Å². The van der Waals surface area contributed by atoms with Gasteiger partial charge in [-0.25, -0.2) is 0 Å². The Morgan fingerprint density at radius 3 is 2.18 bits per heavy atom. The molecule has 0 saturated heterocycles. The summed E-state index contributed by atoms with van der Waals surface area (Å²) in [6.07, 6.45) is 2.35. The lowest BCUT2D eigenvalue weighted by Crippen LogP contribution is -2.53. The summed E-state index contributed by atoms with van der Waals surface area (Å²) in [6.45, 7) is 9.10. The van der Waals surface area contributed by atoms with Crippen LogP contribution < -0.4 is 21.3 Å². The molecular formula is C24H35BrN4O5. The van der Waals surface area contributed by atoms with E-state index in [0.29, 0.717) is 18.7 Å². The number of aliphatic hydroxyl groups is 1. The highest BCUT2D eigenvalue weighted by Crippen LogP contribution is 2.10. The van der Waals surface area contributed by atoms with Crippen molar-refractivity contribution in [1.82, 2.24) is 16.0 Å². The largest absolute Gasteiger partial charge is 0.392 e. The Bertz CT molecular complexity index is 857. The Morgan fingerprint density at radius 1 is 0.971 bits per heavy atom. The van der Waals surface area contributed by atoms with Crippen LogP contribution in [0.1, 0.15) is 52.0 Å². The zero-order valence-electron chi connectivity index (χ0n) is 19.9. The number of unbranched alkanes of at least 4 members (excludes halogenated alkanes) is 2. The van der Waals surface area contributed by atoms with Crippen LogP contribution in [0.15, 0.2) is 35.3 Å². The van der Waals surface area contributed by atoms with Crippen molar-refractivity contribution >= 4 is 45.2 Å². The lowest BCUT2D eigenvalue weighted by atomic mass is 10.0. The van der Waals surface area contributed by atoms with E-state index >= 15 is 0 Å². The van der Waals surface area contributed by atoms with Gasteiger partial charge in [0.15, 0.2) is 0 Å². The Morgan fingerprint density at radius 2 is 1.62 bits per heavy atom. The summed E-state index contributed by atoms with van der Waals surface area (Å²) < 4.78 is 0.272. The molecule has 1 aromatic carbocycles. The molecule has 1 aromatic rings. The standard InChI is InChI=1S/C24H35BrN4O5/c1-15(2)21(29-20(31)8-6-5-7-13-26-22(32)16(3)25)24(34)27-17(4)23(33)28-19-11-9-18(14-30)10-12-19/h9-12,15,17,21,30H,3,5-8,13-14H2,1-2,4H3,(H,26,32)(H,27,34)(H,28,33)(H,29,31). The molecule has 188 valence electrons. The molecule has 0 saturated carbocycles. The van der Waals surface area contributed by atoms with Gasteiger partial charge in [0, 0.05) is 18.7 Å². The molecule has 2 atom stereocenters. The minimum atomic E-state index is -0.811. The van der Waals surface area contributed by atoms with Gasteiger partial charge in [0.05, 0.1) is 11.1 Å². The molecule has 0 fully saturated rings. The van der Waals surface area contributed by atoms with E-state index in [-0.39, 0.29) is 35.2 Å². The van der Waals surface area contributed by atoms with Gasteiger partial charge in [0.1, 0.15) is 12.1 Å². The van der Waals surface area contributed by atoms with Crippen molar-refractivity contribution in [2.45, 2.75) is 65.1 Å². The van der Waals surface area contributed by atoms with Crippen LogP contribution in [0.2, 0.25) is 0 Å². The number of hydrogen-bond donors (Lipinski definition) is 5. The maximum Gasteiger partial charge on any atom is 0.257 e. The molecule has 4 amide bonds. The van der Waals surface area contributed by atoms with Gasteiger partial charge >= 0.3 is 0 Å². The molecule has 0 aliphatic heterocycles. The number of anilines is 1. The SMILES string of the molecule is C=C(Br)C(=O)NCCCCCC(=O)NC(C(=O)NC(C)C(=O)Nc1ccc(CO)cc1)C(C)C. The number of amides is 4. The van der Waals surface area contributed by atoms with Crippen LogP contribution >= 0.6 is 15.9 Å². The zero-order chi connectivity index (χ0) is 25.7. The molecule has 0 heterocycles. The third kappa shape index (κ3) is 10.9. The molecule has 0 bridgehead atoms. The van der Waals surface area contributed by atoms with E-state index in [9.17, 15) is 19.2 Å². The third-order valence-electron chi connectivity index (χ3n) is 5.03. The highest BCUT2D eigenvalue weighted by atomic mass is 79.9. The van der Waals surface area contributed by atoms with Crippen molar-refractivity contribution in [2.24, 2.45) is 5.92 Å². The van der Waals surface area contributed by atoms with Crippen LogP contribution in [0.5, 0.6) is 0 Å². The van der Waals surface area contributed by atoms with E-state index < -0.39 is 23.9 Å². The fourth-order valence-electron chi connectivity index (χ4n) is 2.98. The first-order valence-corrected chi connectivity index (χ1v) is 12.1. The molecule has 10 heteroatoms. The van der Waals surface area contributed by atoms with E-state index in [1.54, 1.807) is 31.2 Å². The number of halogens is 1. The lowest BCUT2D eigenvalue weighted by molar-refractivity contribution is -0.131. The van der Waals surface area contributed by atoms with Crippen molar-refractivity contribution in [3.05, 3.63) is 40.9 Å². The molecule has 5 N–H and O–H groups in total. The first-order valence-electron chi connectivity index (χ1n) is 11.3. The van der Waals surface area contributed by atoms with Crippen molar-refractivity contribution in [3.63, 3.8) is 0 Å². The molecule has 0 aliphatic rings. The monoisotopic (exact) mass is 538 g/mol. The Kier molecular flexibility index (Phi) is 13.1. The molecule has 2 unspecified atom stereocenters. The number of rotatable bonds is 14. The molecule has 9 nitrogen and oxygen atoms in total. The normalized spacial score (nSPS) is 12.4. The molecule has 1 rings (SSSR count). The summed E-state index contributed by atoms with van der Waals surface area (Å²) in [5.74, 6) is -1.49. The van der Waals surface area contributed by atoms with Gasteiger partial charge in [0.25, 0.3) is 5.91 Å². The van der Waals surface area contributed by atoms with Crippen LogP contribution in [0.4, 0.5) is 5.69 Å². The fourth-order valence-corrected chi connectivity index (χ4v) is 3.12. The first-order chi connectivity index (χ1) is 16.0. The van der Waals surface area contributed by atoms with Gasteiger partial charge in [0.2, 0.25) is 17.7 Å². The van der Waals surface area contributed by atoms with Crippen LogP contribution in [-0.4, -0.2) is 47.4 Å². The van der Waals surface area contributed by atoms with Gasteiger partial charge in [-0.1, -0.05) is 39.0 Å². The van der Waals surface area contributed by atoms with E-state index in [1.807, 2.05) is 13.8 Å². The zero-order valence-corrected chi connectivity index (χ0v) is 21.5. The predicted molar refractivity (Wildman–Crippen MR) is 135 cm³/mol. The molecule has 0 radical (unpaired) electrons. The van der Waals surface area contributed by atoms with Crippen LogP contribution in [-0.2, 0) is 25.8 Å². The minimum Gasteiger partial charge on any atom is -0.392 e. The Hall–Kier alpha value is -2.72. The fraction of sp³-hybridized carbons (Fsp3) is 0.500. The number of benzene rings is 1. The number of aliphatic hydroxyl groups excluding tert-OH is 1. The van der Waals surface area contributed by atoms with E-state index in [4.69, 9.17) is 5.11 Å². The Labute approximate surface area is 209 Å². The molecular weight excluding hydrogens is 504 g/mol. The topological polar surface area (TPSA) is 137 Å². The quantitative estimate of drug-likeness (QED) is 0.183. The summed E-state index contributed by atoms with van der Waals surface area (Å²) in [6, 6.07) is 5.15. The second-order valence-corrected chi connectivity index (χ2v) is 9.29. The summed E-state index contributed by atoms with van der Waals surface area (Å²) in [5, 5.41) is 19.9. The van der Waals surface area contributed by atoms with Crippen LogP contribution in [0.25, 0.3) is 0 Å². The highest BCUT2D eigenvalue weighted by Gasteiger charge is 2.26. The third-order valence-corrected chi connectivity index (χ3v) is 5.39. The number of carbonyl (C=O) groups excluding carboxylic acids is 4. The van der Waals surface area contributed by atoms with Crippen molar-refractivity contribution in [2.75, 3.05) is 11.9 Å². The van der Waals surface area contributed by atoms with E-state index in [1.165, 1.54) is 0 Å². The molecule has 0 aromatic heterocycles. The van der Waals surface area contributed by atoms with Crippen molar-refractivity contribution in [3.8, 4) is 0 Å². The molecule has 34 heavy (non-hydrogen) atoms. The molecule has 0 spiro atoms. The number of hydrogen-bond acceptors (Lipinski definition) is 5. The summed E-state index contributed by atoms with van der Waals surface area (Å²) in [7, 11) is 0. The maximum absolute atomic E-state index is 12.7. The van der Waals surface area contributed by atoms with Crippen molar-refractivity contribution in [1.29, 1.82) is 0 Å². The first kappa shape index (κ1) is 29.3. The Balaban J connectivity index is 2.45. The number of carbonyl (C=O) groups is 4. The predicted octanol–water partition coefficient (Wildman–Crippen LogP) is 2.35. The maximum atomic E-state index is 12.7.